The van der Waals surface area contributed by atoms with Crippen LogP contribution in [-0.2, 0) is 6.54 Å². The van der Waals surface area contributed by atoms with Gasteiger partial charge in [-0.1, -0.05) is 5.16 Å². The smallest absolute Gasteiger partial charge is 0.229 e. The average molecular weight is 318 g/mol. The van der Waals surface area contributed by atoms with Crippen LogP contribution in [0.5, 0.6) is 0 Å². The fraction of sp³-hybridized carbons (Fsp3) is 0.625. The molecule has 3 heterocycles. The predicted octanol–water partition coefficient (Wildman–Crippen LogP) is 2.89. The molecule has 2 aromatic rings. The Balaban J connectivity index is 1.29. The molecule has 2 aliphatic rings. The van der Waals surface area contributed by atoms with Crippen molar-refractivity contribution >= 4 is 11.3 Å². The van der Waals surface area contributed by atoms with Crippen LogP contribution in [0.2, 0.25) is 0 Å². The van der Waals surface area contributed by atoms with Crippen molar-refractivity contribution in [3.8, 4) is 0 Å². The van der Waals surface area contributed by atoms with Gasteiger partial charge in [0.2, 0.25) is 5.89 Å². The van der Waals surface area contributed by atoms with E-state index >= 15 is 0 Å². The number of nitrogens with zero attached hydrogens (tertiary/aromatic N) is 4. The van der Waals surface area contributed by atoms with E-state index in [2.05, 4.69) is 43.7 Å². The molecule has 6 heteroatoms. The van der Waals surface area contributed by atoms with E-state index in [9.17, 15) is 0 Å². The Kier molecular flexibility index (Phi) is 3.98. The maximum atomic E-state index is 5.34. The van der Waals surface area contributed by atoms with E-state index in [1.807, 2.05) is 0 Å². The lowest BCUT2D eigenvalue weighted by atomic mass is 10.1. The van der Waals surface area contributed by atoms with Gasteiger partial charge in [-0.05, 0) is 42.2 Å². The van der Waals surface area contributed by atoms with E-state index in [1.54, 1.807) is 11.3 Å². The third-order valence-electron chi connectivity index (χ3n) is 4.76. The number of hydrogen-bond acceptors (Lipinski definition) is 6. The van der Waals surface area contributed by atoms with Crippen LogP contribution in [-0.4, -0.2) is 46.1 Å². The van der Waals surface area contributed by atoms with E-state index in [0.29, 0.717) is 12.0 Å². The normalized spacial score (nSPS) is 22.0. The first-order chi connectivity index (χ1) is 10.8. The van der Waals surface area contributed by atoms with Crippen molar-refractivity contribution in [3.05, 3.63) is 34.1 Å². The molecule has 0 spiro atoms. The molecular formula is C16H22N4OS. The summed E-state index contributed by atoms with van der Waals surface area (Å²) in [6, 6.07) is 2.75. The summed E-state index contributed by atoms with van der Waals surface area (Å²) in [7, 11) is 0. The average Bonchev–Trinajstić information content (AvgIpc) is 3.06. The first-order valence-electron chi connectivity index (χ1n) is 8.10. The largest absolute Gasteiger partial charge is 0.339 e. The molecule has 22 heavy (non-hydrogen) atoms. The van der Waals surface area contributed by atoms with Gasteiger partial charge in [-0.15, -0.1) is 0 Å². The molecule has 1 unspecified atom stereocenters. The minimum atomic E-state index is 0.514. The van der Waals surface area contributed by atoms with Crippen molar-refractivity contribution in [1.82, 2.24) is 19.9 Å². The molecule has 118 valence electrons. The Morgan fingerprint density at radius 3 is 2.82 bits per heavy atom. The molecule has 0 amide bonds. The maximum absolute atomic E-state index is 5.34. The van der Waals surface area contributed by atoms with Crippen molar-refractivity contribution in [2.24, 2.45) is 0 Å². The lowest BCUT2D eigenvalue weighted by Gasteiger charge is -2.37. The summed E-state index contributed by atoms with van der Waals surface area (Å²) in [5, 5.41) is 8.55. The van der Waals surface area contributed by atoms with Gasteiger partial charge in [-0.2, -0.15) is 16.3 Å². The fourth-order valence-electron chi connectivity index (χ4n) is 3.06. The van der Waals surface area contributed by atoms with Gasteiger partial charge in [0.25, 0.3) is 0 Å². The van der Waals surface area contributed by atoms with Gasteiger partial charge < -0.3 is 4.52 Å². The van der Waals surface area contributed by atoms with Gasteiger partial charge in [0.1, 0.15) is 0 Å². The second-order valence-corrected chi connectivity index (χ2v) is 7.15. The predicted molar refractivity (Wildman–Crippen MR) is 85.9 cm³/mol. The molecule has 0 bridgehead atoms. The van der Waals surface area contributed by atoms with E-state index in [-0.39, 0.29) is 0 Å². The van der Waals surface area contributed by atoms with E-state index in [0.717, 1.165) is 44.4 Å². The van der Waals surface area contributed by atoms with Crippen LogP contribution in [0.1, 0.15) is 49.0 Å². The zero-order chi connectivity index (χ0) is 14.9. The minimum absolute atomic E-state index is 0.514. The summed E-state index contributed by atoms with van der Waals surface area (Å²) in [6.07, 6.45) is 2.42. The highest BCUT2D eigenvalue weighted by molar-refractivity contribution is 7.07. The first-order valence-corrected chi connectivity index (χ1v) is 9.05. The second kappa shape index (κ2) is 6.10. The molecular weight excluding hydrogens is 296 g/mol. The SMILES string of the molecule is CC(c1ccsc1)N1CCN(Cc2noc(C3CC3)n2)CC1. The highest BCUT2D eigenvalue weighted by atomic mass is 32.1. The highest BCUT2D eigenvalue weighted by Gasteiger charge is 2.30. The van der Waals surface area contributed by atoms with Crippen molar-refractivity contribution < 1.29 is 4.52 Å². The topological polar surface area (TPSA) is 45.4 Å². The van der Waals surface area contributed by atoms with Crippen LogP contribution in [0.15, 0.2) is 21.3 Å². The molecule has 0 aromatic carbocycles. The van der Waals surface area contributed by atoms with Gasteiger partial charge in [0.05, 0.1) is 6.54 Å². The van der Waals surface area contributed by atoms with Gasteiger partial charge in [0, 0.05) is 38.1 Å². The van der Waals surface area contributed by atoms with Gasteiger partial charge >= 0.3 is 0 Å². The Morgan fingerprint density at radius 1 is 1.32 bits per heavy atom. The van der Waals surface area contributed by atoms with Gasteiger partial charge in [0.15, 0.2) is 5.82 Å². The van der Waals surface area contributed by atoms with E-state index < -0.39 is 0 Å². The molecule has 1 saturated heterocycles. The first kappa shape index (κ1) is 14.4. The minimum Gasteiger partial charge on any atom is -0.339 e. The van der Waals surface area contributed by atoms with Gasteiger partial charge in [-0.25, -0.2) is 0 Å². The standard InChI is InChI=1S/C16H22N4OS/c1-12(14-4-9-22-11-14)20-7-5-19(6-8-20)10-15-17-16(21-18-15)13-2-3-13/h4,9,11-13H,2-3,5-8,10H2,1H3. The molecule has 1 saturated carbocycles. The Labute approximate surface area is 134 Å². The zero-order valence-corrected chi connectivity index (χ0v) is 13.8. The molecule has 0 radical (unpaired) electrons. The summed E-state index contributed by atoms with van der Waals surface area (Å²) in [4.78, 5) is 9.52. The van der Waals surface area contributed by atoms with Gasteiger partial charge in [-0.3, -0.25) is 9.80 Å². The second-order valence-electron chi connectivity index (χ2n) is 6.37. The number of piperazine rings is 1. The van der Waals surface area contributed by atoms with Crippen LogP contribution in [0.4, 0.5) is 0 Å². The van der Waals surface area contributed by atoms with E-state index in [1.165, 1.54) is 18.4 Å². The molecule has 1 aliphatic carbocycles. The molecule has 5 nitrogen and oxygen atoms in total. The number of hydrogen-bond donors (Lipinski definition) is 0. The lowest BCUT2D eigenvalue weighted by molar-refractivity contribution is 0.0958. The van der Waals surface area contributed by atoms with Crippen LogP contribution in [0, 0.1) is 0 Å². The van der Waals surface area contributed by atoms with Crippen molar-refractivity contribution in [1.29, 1.82) is 0 Å². The fourth-order valence-corrected chi connectivity index (χ4v) is 3.81. The van der Waals surface area contributed by atoms with Crippen molar-refractivity contribution in [2.45, 2.75) is 38.3 Å². The summed E-state index contributed by atoms with van der Waals surface area (Å²) < 4.78 is 5.34. The maximum Gasteiger partial charge on any atom is 0.229 e. The summed E-state index contributed by atoms with van der Waals surface area (Å²) in [6.45, 7) is 7.47. The summed E-state index contributed by atoms with van der Waals surface area (Å²) >= 11 is 1.78. The third kappa shape index (κ3) is 3.09. The summed E-state index contributed by atoms with van der Waals surface area (Å²) in [5.74, 6) is 2.24. The van der Waals surface area contributed by atoms with Crippen molar-refractivity contribution in [2.75, 3.05) is 26.2 Å². The van der Waals surface area contributed by atoms with Crippen LogP contribution in [0.25, 0.3) is 0 Å². The molecule has 1 atom stereocenters. The number of thiophene rings is 1. The molecule has 4 rings (SSSR count). The van der Waals surface area contributed by atoms with Crippen LogP contribution >= 0.6 is 11.3 Å². The Morgan fingerprint density at radius 2 is 2.14 bits per heavy atom. The third-order valence-corrected chi connectivity index (χ3v) is 5.46. The zero-order valence-electron chi connectivity index (χ0n) is 12.9. The number of rotatable bonds is 5. The molecule has 1 aliphatic heterocycles. The Hall–Kier alpha value is -1.24. The van der Waals surface area contributed by atoms with E-state index in [4.69, 9.17) is 4.52 Å². The monoisotopic (exact) mass is 318 g/mol. The molecule has 0 N–H and O–H groups in total. The van der Waals surface area contributed by atoms with Crippen LogP contribution < -0.4 is 0 Å². The Bertz CT molecular complexity index is 599. The van der Waals surface area contributed by atoms with Crippen LogP contribution in [0.3, 0.4) is 0 Å². The molecule has 2 fully saturated rings. The van der Waals surface area contributed by atoms with Crippen molar-refractivity contribution in [3.63, 3.8) is 0 Å². The quantitative estimate of drug-likeness (QED) is 0.848. The highest BCUT2D eigenvalue weighted by Crippen LogP contribution is 2.38. The molecule has 2 aromatic heterocycles. The number of aromatic nitrogens is 2. The summed E-state index contributed by atoms with van der Waals surface area (Å²) in [5.41, 5.74) is 1.44. The lowest BCUT2D eigenvalue weighted by Crippen LogP contribution is -2.46.